The van der Waals surface area contributed by atoms with E-state index in [1.54, 1.807) is 25.1 Å². The molecule has 1 N–H and O–H groups in total. The van der Waals surface area contributed by atoms with E-state index >= 15 is 0 Å². The number of methoxy groups -OCH3 is 1. The minimum absolute atomic E-state index is 0.128. The van der Waals surface area contributed by atoms with E-state index in [9.17, 15) is 9.18 Å². The minimum atomic E-state index is -0.476. The average molecular weight is 309 g/mol. The van der Waals surface area contributed by atoms with Crippen LogP contribution in [0.1, 0.15) is 28.9 Å². The van der Waals surface area contributed by atoms with Crippen LogP contribution in [0, 0.1) is 5.82 Å². The Morgan fingerprint density at radius 2 is 2.19 bits per heavy atom. The molecule has 0 bridgehead atoms. The van der Waals surface area contributed by atoms with Crippen molar-refractivity contribution in [2.75, 3.05) is 7.11 Å². The zero-order valence-electron chi connectivity index (χ0n) is 11.6. The van der Waals surface area contributed by atoms with E-state index in [1.165, 1.54) is 25.4 Å². The van der Waals surface area contributed by atoms with Crippen molar-refractivity contribution in [1.29, 1.82) is 0 Å². The number of nitrogens with one attached hydrogen (secondary N) is 1. The summed E-state index contributed by atoms with van der Waals surface area (Å²) < 4.78 is 18.5. The number of halogens is 2. The number of pyridine rings is 1. The number of carbonyl (C=O) groups excluding carboxylic acids is 1. The molecule has 1 amide bonds. The molecule has 0 saturated heterocycles. The van der Waals surface area contributed by atoms with Gasteiger partial charge in [-0.05, 0) is 36.8 Å². The number of amides is 1. The number of hydrogen-bond donors (Lipinski definition) is 1. The van der Waals surface area contributed by atoms with E-state index in [0.29, 0.717) is 5.56 Å². The highest BCUT2D eigenvalue weighted by atomic mass is 35.5. The van der Waals surface area contributed by atoms with Gasteiger partial charge in [0.25, 0.3) is 5.91 Å². The SMILES string of the molecule is COc1ccc(C(C)NC(=O)c2cccnc2Cl)cc1F. The lowest BCUT2D eigenvalue weighted by atomic mass is 10.1. The second-order valence-electron chi connectivity index (χ2n) is 4.43. The molecule has 0 spiro atoms. The van der Waals surface area contributed by atoms with Crippen molar-refractivity contribution < 1.29 is 13.9 Å². The molecule has 0 saturated carbocycles. The highest BCUT2D eigenvalue weighted by Crippen LogP contribution is 2.22. The van der Waals surface area contributed by atoms with Gasteiger partial charge in [-0.25, -0.2) is 9.37 Å². The fraction of sp³-hybridized carbons (Fsp3) is 0.200. The summed E-state index contributed by atoms with van der Waals surface area (Å²) in [4.78, 5) is 15.9. The van der Waals surface area contributed by atoms with Crippen molar-refractivity contribution >= 4 is 17.5 Å². The van der Waals surface area contributed by atoms with Gasteiger partial charge in [0, 0.05) is 6.20 Å². The third-order valence-corrected chi connectivity index (χ3v) is 3.33. The van der Waals surface area contributed by atoms with E-state index < -0.39 is 5.82 Å². The monoisotopic (exact) mass is 308 g/mol. The largest absolute Gasteiger partial charge is 0.494 e. The van der Waals surface area contributed by atoms with Gasteiger partial charge in [-0.2, -0.15) is 0 Å². The summed E-state index contributed by atoms with van der Waals surface area (Å²) in [6.45, 7) is 1.75. The number of rotatable bonds is 4. The first-order valence-electron chi connectivity index (χ1n) is 6.27. The summed E-state index contributed by atoms with van der Waals surface area (Å²) in [6.07, 6.45) is 1.50. The Labute approximate surface area is 126 Å². The lowest BCUT2D eigenvalue weighted by Gasteiger charge is -2.15. The Morgan fingerprint density at radius 1 is 1.43 bits per heavy atom. The van der Waals surface area contributed by atoms with Crippen molar-refractivity contribution in [3.8, 4) is 5.75 Å². The fourth-order valence-corrected chi connectivity index (χ4v) is 2.07. The lowest BCUT2D eigenvalue weighted by molar-refractivity contribution is 0.0939. The molecule has 1 heterocycles. The maximum atomic E-state index is 13.7. The van der Waals surface area contributed by atoms with Crippen molar-refractivity contribution in [1.82, 2.24) is 10.3 Å². The number of hydrogen-bond acceptors (Lipinski definition) is 3. The van der Waals surface area contributed by atoms with Gasteiger partial charge in [-0.1, -0.05) is 17.7 Å². The third kappa shape index (κ3) is 3.49. The molecule has 1 aromatic carbocycles. The molecule has 0 radical (unpaired) electrons. The van der Waals surface area contributed by atoms with Gasteiger partial charge in [0.15, 0.2) is 11.6 Å². The standard InChI is InChI=1S/C15H14ClFN2O2/c1-9(10-5-6-13(21-2)12(17)8-10)19-15(20)11-4-3-7-18-14(11)16/h3-9H,1-2H3,(H,19,20). The smallest absolute Gasteiger partial charge is 0.254 e. The molecule has 0 fully saturated rings. The first-order valence-corrected chi connectivity index (χ1v) is 6.65. The Hall–Kier alpha value is -2.14. The Balaban J connectivity index is 2.14. The van der Waals surface area contributed by atoms with Gasteiger partial charge in [0.05, 0.1) is 18.7 Å². The number of ether oxygens (including phenoxy) is 1. The van der Waals surface area contributed by atoms with Crippen LogP contribution < -0.4 is 10.1 Å². The number of aromatic nitrogens is 1. The first kappa shape index (κ1) is 15.3. The van der Waals surface area contributed by atoms with Crippen LogP contribution in [0.3, 0.4) is 0 Å². The van der Waals surface area contributed by atoms with E-state index in [0.717, 1.165) is 0 Å². The average Bonchev–Trinajstić information content (AvgIpc) is 2.47. The van der Waals surface area contributed by atoms with Crippen LogP contribution in [0.5, 0.6) is 5.75 Å². The normalized spacial score (nSPS) is 11.8. The zero-order valence-corrected chi connectivity index (χ0v) is 12.3. The second kappa shape index (κ2) is 6.54. The summed E-state index contributed by atoms with van der Waals surface area (Å²) in [5.74, 6) is -0.681. The Kier molecular flexibility index (Phi) is 4.75. The maximum Gasteiger partial charge on any atom is 0.254 e. The zero-order chi connectivity index (χ0) is 15.4. The van der Waals surface area contributed by atoms with Crippen LogP contribution in [0.25, 0.3) is 0 Å². The van der Waals surface area contributed by atoms with Crippen molar-refractivity contribution in [2.24, 2.45) is 0 Å². The van der Waals surface area contributed by atoms with Gasteiger partial charge >= 0.3 is 0 Å². The molecule has 2 aromatic rings. The number of nitrogens with zero attached hydrogens (tertiary/aromatic N) is 1. The van der Waals surface area contributed by atoms with E-state index in [-0.39, 0.29) is 28.4 Å². The highest BCUT2D eigenvalue weighted by Gasteiger charge is 2.15. The number of benzene rings is 1. The first-order chi connectivity index (χ1) is 10.0. The maximum absolute atomic E-state index is 13.7. The van der Waals surface area contributed by atoms with Crippen LogP contribution in [-0.2, 0) is 0 Å². The van der Waals surface area contributed by atoms with Crippen LogP contribution in [0.2, 0.25) is 5.15 Å². The molecule has 0 aliphatic carbocycles. The number of carbonyl (C=O) groups is 1. The van der Waals surface area contributed by atoms with Crippen LogP contribution in [-0.4, -0.2) is 18.0 Å². The van der Waals surface area contributed by atoms with Gasteiger partial charge in [-0.15, -0.1) is 0 Å². The van der Waals surface area contributed by atoms with E-state index in [2.05, 4.69) is 10.3 Å². The van der Waals surface area contributed by atoms with Gasteiger partial charge in [0.1, 0.15) is 5.15 Å². The predicted molar refractivity (Wildman–Crippen MR) is 78.1 cm³/mol. The summed E-state index contributed by atoms with van der Waals surface area (Å²) in [5.41, 5.74) is 0.904. The second-order valence-corrected chi connectivity index (χ2v) is 4.79. The Morgan fingerprint density at radius 3 is 2.81 bits per heavy atom. The van der Waals surface area contributed by atoms with Crippen molar-refractivity contribution in [3.05, 3.63) is 58.6 Å². The molecule has 110 valence electrons. The Bertz CT molecular complexity index is 664. The molecule has 6 heteroatoms. The van der Waals surface area contributed by atoms with E-state index in [4.69, 9.17) is 16.3 Å². The molecular formula is C15H14ClFN2O2. The molecule has 0 aliphatic heterocycles. The summed E-state index contributed by atoms with van der Waals surface area (Å²) >= 11 is 5.86. The molecular weight excluding hydrogens is 295 g/mol. The van der Waals surface area contributed by atoms with Crippen LogP contribution in [0.4, 0.5) is 4.39 Å². The molecule has 0 aliphatic rings. The highest BCUT2D eigenvalue weighted by molar-refractivity contribution is 6.32. The predicted octanol–water partition coefficient (Wildman–Crippen LogP) is 3.37. The van der Waals surface area contributed by atoms with Crippen LogP contribution in [0.15, 0.2) is 36.5 Å². The molecule has 4 nitrogen and oxygen atoms in total. The fourth-order valence-electron chi connectivity index (χ4n) is 1.87. The van der Waals surface area contributed by atoms with Gasteiger partial charge < -0.3 is 10.1 Å². The van der Waals surface area contributed by atoms with E-state index in [1.807, 2.05) is 0 Å². The minimum Gasteiger partial charge on any atom is -0.494 e. The van der Waals surface area contributed by atoms with Crippen molar-refractivity contribution in [2.45, 2.75) is 13.0 Å². The molecule has 21 heavy (non-hydrogen) atoms. The lowest BCUT2D eigenvalue weighted by Crippen LogP contribution is -2.27. The van der Waals surface area contributed by atoms with Gasteiger partial charge in [0.2, 0.25) is 0 Å². The molecule has 1 aromatic heterocycles. The summed E-state index contributed by atoms with van der Waals surface area (Å²) in [7, 11) is 1.40. The van der Waals surface area contributed by atoms with Crippen LogP contribution >= 0.6 is 11.6 Å². The topological polar surface area (TPSA) is 51.2 Å². The molecule has 2 rings (SSSR count). The molecule has 1 unspecified atom stereocenters. The van der Waals surface area contributed by atoms with Gasteiger partial charge in [-0.3, -0.25) is 4.79 Å². The quantitative estimate of drug-likeness (QED) is 0.881. The third-order valence-electron chi connectivity index (χ3n) is 3.03. The summed E-state index contributed by atoms with van der Waals surface area (Å²) in [5, 5.41) is 2.88. The summed E-state index contributed by atoms with van der Waals surface area (Å²) in [6, 6.07) is 7.36. The molecule has 1 atom stereocenters. The van der Waals surface area contributed by atoms with Crippen molar-refractivity contribution in [3.63, 3.8) is 0 Å².